The van der Waals surface area contributed by atoms with Crippen LogP contribution >= 0.6 is 0 Å². The number of aromatic nitrogens is 2. The first kappa shape index (κ1) is 15.3. The predicted octanol–water partition coefficient (Wildman–Crippen LogP) is 2.66. The molecule has 0 spiro atoms. The number of nitrogens with zero attached hydrogens (tertiary/aromatic N) is 2. The summed E-state index contributed by atoms with van der Waals surface area (Å²) in [4.78, 5) is 16.7. The lowest BCUT2D eigenvalue weighted by Gasteiger charge is -2.18. The second kappa shape index (κ2) is 6.54. The molecule has 2 rings (SSSR count). The Kier molecular flexibility index (Phi) is 4.75. The van der Waals surface area contributed by atoms with Crippen LogP contribution in [0.1, 0.15) is 44.1 Å². The maximum atomic E-state index is 12.4. The summed E-state index contributed by atoms with van der Waals surface area (Å²) in [7, 11) is 0. The first-order chi connectivity index (χ1) is 10.0. The minimum atomic E-state index is -0.306. The number of hydrogen-bond donors (Lipinski definition) is 2. The van der Waals surface area contributed by atoms with E-state index in [1.807, 2.05) is 42.0 Å². The van der Waals surface area contributed by atoms with Crippen LogP contribution in [-0.4, -0.2) is 15.5 Å². The molecule has 0 aliphatic rings. The van der Waals surface area contributed by atoms with E-state index in [0.717, 1.165) is 17.1 Å². The summed E-state index contributed by atoms with van der Waals surface area (Å²) in [5, 5.41) is 2.92. The number of nitrogens with two attached hydrogens (primary N) is 1. The van der Waals surface area contributed by atoms with E-state index in [0.29, 0.717) is 6.54 Å². The lowest BCUT2D eigenvalue weighted by Crippen LogP contribution is -2.25. The highest BCUT2D eigenvalue weighted by Gasteiger charge is 2.19. The number of amides is 1. The SMILES string of the molecule is CC(C)c1nccn1C(C)C(=O)Nc1ccc(CN)cc1. The van der Waals surface area contributed by atoms with Crippen molar-refractivity contribution in [3.05, 3.63) is 48.0 Å². The minimum Gasteiger partial charge on any atom is -0.326 e. The van der Waals surface area contributed by atoms with Crippen molar-refractivity contribution in [2.24, 2.45) is 5.73 Å². The molecule has 5 heteroatoms. The Bertz CT molecular complexity index is 601. The molecule has 21 heavy (non-hydrogen) atoms. The van der Waals surface area contributed by atoms with Crippen LogP contribution in [0.4, 0.5) is 5.69 Å². The topological polar surface area (TPSA) is 72.9 Å². The van der Waals surface area contributed by atoms with Gasteiger partial charge in [-0.05, 0) is 24.6 Å². The number of carbonyl (C=O) groups is 1. The summed E-state index contributed by atoms with van der Waals surface area (Å²) < 4.78 is 1.91. The van der Waals surface area contributed by atoms with E-state index in [-0.39, 0.29) is 17.9 Å². The first-order valence-corrected chi connectivity index (χ1v) is 7.15. The maximum Gasteiger partial charge on any atom is 0.247 e. The van der Waals surface area contributed by atoms with Crippen LogP contribution in [0, 0.1) is 0 Å². The molecule has 2 aromatic rings. The Balaban J connectivity index is 2.10. The fraction of sp³-hybridized carbons (Fsp3) is 0.375. The molecule has 3 N–H and O–H groups in total. The van der Waals surface area contributed by atoms with Gasteiger partial charge < -0.3 is 15.6 Å². The zero-order valence-corrected chi connectivity index (χ0v) is 12.7. The average Bonchev–Trinajstić information content (AvgIpc) is 2.96. The summed E-state index contributed by atoms with van der Waals surface area (Å²) in [5.74, 6) is 1.13. The highest BCUT2D eigenvalue weighted by molar-refractivity contribution is 5.93. The van der Waals surface area contributed by atoms with Crippen molar-refractivity contribution in [1.29, 1.82) is 0 Å². The van der Waals surface area contributed by atoms with Crippen LogP contribution in [0.25, 0.3) is 0 Å². The fourth-order valence-corrected chi connectivity index (χ4v) is 2.20. The third kappa shape index (κ3) is 3.49. The molecule has 1 aromatic heterocycles. The van der Waals surface area contributed by atoms with Crippen molar-refractivity contribution in [1.82, 2.24) is 9.55 Å². The average molecular weight is 286 g/mol. The van der Waals surface area contributed by atoms with Gasteiger partial charge >= 0.3 is 0 Å². The number of hydrogen-bond acceptors (Lipinski definition) is 3. The molecular formula is C16H22N4O. The van der Waals surface area contributed by atoms with E-state index in [4.69, 9.17) is 5.73 Å². The Labute approximate surface area is 125 Å². The highest BCUT2D eigenvalue weighted by atomic mass is 16.2. The molecular weight excluding hydrogens is 264 g/mol. The van der Waals surface area contributed by atoms with Gasteiger partial charge in [0.05, 0.1) is 0 Å². The van der Waals surface area contributed by atoms with Gasteiger partial charge in [0.15, 0.2) is 0 Å². The van der Waals surface area contributed by atoms with Gasteiger partial charge in [-0.15, -0.1) is 0 Å². The summed E-state index contributed by atoms with van der Waals surface area (Å²) in [5.41, 5.74) is 7.37. The van der Waals surface area contributed by atoms with Gasteiger partial charge in [-0.1, -0.05) is 26.0 Å². The monoisotopic (exact) mass is 286 g/mol. The van der Waals surface area contributed by atoms with Crippen LogP contribution in [0.5, 0.6) is 0 Å². The van der Waals surface area contributed by atoms with Crippen LogP contribution in [0.3, 0.4) is 0 Å². The molecule has 112 valence electrons. The number of rotatable bonds is 5. The Morgan fingerprint density at radius 2 is 1.95 bits per heavy atom. The number of carbonyl (C=O) groups excluding carboxylic acids is 1. The molecule has 0 saturated carbocycles. The summed E-state index contributed by atoms with van der Waals surface area (Å²) in [6.45, 7) is 6.50. The number of anilines is 1. The van der Waals surface area contributed by atoms with Gasteiger partial charge in [-0.3, -0.25) is 4.79 Å². The largest absolute Gasteiger partial charge is 0.326 e. The van der Waals surface area contributed by atoms with Crippen molar-refractivity contribution < 1.29 is 4.79 Å². The van der Waals surface area contributed by atoms with Gasteiger partial charge in [0, 0.05) is 30.5 Å². The van der Waals surface area contributed by atoms with Gasteiger partial charge in [0.2, 0.25) is 5.91 Å². The normalized spacial score (nSPS) is 12.4. The van der Waals surface area contributed by atoms with E-state index in [1.165, 1.54) is 0 Å². The second-order valence-corrected chi connectivity index (χ2v) is 5.41. The third-order valence-corrected chi connectivity index (χ3v) is 3.47. The van der Waals surface area contributed by atoms with E-state index in [9.17, 15) is 4.79 Å². The number of benzene rings is 1. The van der Waals surface area contributed by atoms with Crippen LogP contribution in [0.2, 0.25) is 0 Å². The van der Waals surface area contributed by atoms with Crippen LogP contribution < -0.4 is 11.1 Å². The molecule has 0 saturated heterocycles. The van der Waals surface area contributed by atoms with Crippen molar-refractivity contribution >= 4 is 11.6 Å². The molecule has 0 aliphatic carbocycles. The molecule has 0 fully saturated rings. The zero-order chi connectivity index (χ0) is 15.4. The van der Waals surface area contributed by atoms with E-state index in [2.05, 4.69) is 24.1 Å². The summed E-state index contributed by atoms with van der Waals surface area (Å²) >= 11 is 0. The molecule has 0 radical (unpaired) electrons. The van der Waals surface area contributed by atoms with Crippen LogP contribution in [-0.2, 0) is 11.3 Å². The Hall–Kier alpha value is -2.14. The van der Waals surface area contributed by atoms with Crippen LogP contribution in [0.15, 0.2) is 36.7 Å². The van der Waals surface area contributed by atoms with Crippen molar-refractivity contribution in [2.75, 3.05) is 5.32 Å². The summed E-state index contributed by atoms with van der Waals surface area (Å²) in [6, 6.07) is 7.25. The highest BCUT2D eigenvalue weighted by Crippen LogP contribution is 2.19. The van der Waals surface area contributed by atoms with E-state index >= 15 is 0 Å². The van der Waals surface area contributed by atoms with Crippen molar-refractivity contribution in [3.63, 3.8) is 0 Å². The van der Waals surface area contributed by atoms with E-state index in [1.54, 1.807) is 6.20 Å². The lowest BCUT2D eigenvalue weighted by molar-refractivity contribution is -0.118. The smallest absolute Gasteiger partial charge is 0.247 e. The standard InChI is InChI=1S/C16H22N4O/c1-11(2)15-18-8-9-20(15)12(3)16(21)19-14-6-4-13(10-17)5-7-14/h4-9,11-12H,10,17H2,1-3H3,(H,19,21). The van der Waals surface area contributed by atoms with Gasteiger partial charge in [-0.2, -0.15) is 0 Å². The maximum absolute atomic E-state index is 12.4. The van der Waals surface area contributed by atoms with E-state index < -0.39 is 0 Å². The molecule has 1 unspecified atom stereocenters. The molecule has 5 nitrogen and oxygen atoms in total. The fourth-order valence-electron chi connectivity index (χ4n) is 2.20. The third-order valence-electron chi connectivity index (χ3n) is 3.47. The predicted molar refractivity (Wildman–Crippen MR) is 84.0 cm³/mol. The lowest BCUT2D eigenvalue weighted by atomic mass is 10.2. The first-order valence-electron chi connectivity index (χ1n) is 7.15. The second-order valence-electron chi connectivity index (χ2n) is 5.41. The number of imidazole rings is 1. The molecule has 0 bridgehead atoms. The Morgan fingerprint density at radius 1 is 1.29 bits per heavy atom. The molecule has 0 aliphatic heterocycles. The van der Waals surface area contributed by atoms with Crippen molar-refractivity contribution in [3.8, 4) is 0 Å². The molecule has 1 amide bonds. The minimum absolute atomic E-state index is 0.0598. The summed E-state index contributed by atoms with van der Waals surface area (Å²) in [6.07, 6.45) is 3.58. The molecule has 1 atom stereocenters. The van der Waals surface area contributed by atoms with Gasteiger partial charge in [0.1, 0.15) is 11.9 Å². The van der Waals surface area contributed by atoms with Gasteiger partial charge in [0.25, 0.3) is 0 Å². The quantitative estimate of drug-likeness (QED) is 0.887. The number of nitrogens with one attached hydrogen (secondary N) is 1. The zero-order valence-electron chi connectivity index (χ0n) is 12.7. The van der Waals surface area contributed by atoms with Gasteiger partial charge in [-0.25, -0.2) is 4.98 Å². The van der Waals surface area contributed by atoms with Crippen molar-refractivity contribution in [2.45, 2.75) is 39.3 Å². The molecule has 1 heterocycles. The Morgan fingerprint density at radius 3 is 2.52 bits per heavy atom. The molecule has 1 aromatic carbocycles.